The van der Waals surface area contributed by atoms with Crippen molar-refractivity contribution in [3.63, 3.8) is 0 Å². The summed E-state index contributed by atoms with van der Waals surface area (Å²) in [7, 11) is 0. The molecule has 1 aromatic heterocycles. The van der Waals surface area contributed by atoms with Crippen LogP contribution in [-0.2, 0) is 0 Å². The van der Waals surface area contributed by atoms with E-state index in [1.165, 1.54) is 0 Å². The fourth-order valence-corrected chi connectivity index (χ4v) is 2.08. The van der Waals surface area contributed by atoms with Crippen molar-refractivity contribution in [1.82, 2.24) is 9.66 Å². The van der Waals surface area contributed by atoms with Gasteiger partial charge in [0.25, 0.3) is 0 Å². The monoisotopic (exact) mass is 233 g/mol. The first-order chi connectivity index (χ1) is 7.72. The number of hydrogen-bond acceptors (Lipinski definition) is 3. The summed E-state index contributed by atoms with van der Waals surface area (Å²) in [6.45, 7) is 4.09. The molecule has 1 aromatic carbocycles. The third-order valence-corrected chi connectivity index (χ3v) is 3.15. The Morgan fingerprint density at radius 1 is 1.19 bits per heavy atom. The van der Waals surface area contributed by atoms with Crippen LogP contribution in [0.2, 0.25) is 0 Å². The fourth-order valence-electron chi connectivity index (χ4n) is 1.49. The maximum absolute atomic E-state index is 4.49. The lowest BCUT2D eigenvalue weighted by Crippen LogP contribution is -2.11. The average molecular weight is 233 g/mol. The number of hydrogen-bond donors (Lipinski definition) is 1. The summed E-state index contributed by atoms with van der Waals surface area (Å²) in [6, 6.07) is 10.1. The lowest BCUT2D eigenvalue weighted by molar-refractivity contribution is 0.801. The Bertz CT molecular complexity index is 477. The van der Waals surface area contributed by atoms with Gasteiger partial charge in [-0.1, -0.05) is 30.0 Å². The van der Waals surface area contributed by atoms with Crippen molar-refractivity contribution in [1.29, 1.82) is 0 Å². The zero-order valence-electron chi connectivity index (χ0n) is 9.69. The summed E-state index contributed by atoms with van der Waals surface area (Å²) in [6.07, 6.45) is 2.03. The molecule has 2 aromatic rings. The predicted octanol–water partition coefficient (Wildman–Crippen LogP) is 3.10. The fraction of sp³-hybridized carbons (Fsp3) is 0.250. The zero-order chi connectivity index (χ0) is 11.5. The number of nitrogens with zero attached hydrogens (tertiary/aromatic N) is 2. The molecule has 3 nitrogen and oxygen atoms in total. The minimum absolute atomic E-state index is 0.985. The highest BCUT2D eigenvalue weighted by Gasteiger charge is 2.09. The minimum atomic E-state index is 0.985. The van der Waals surface area contributed by atoms with Gasteiger partial charge in [0, 0.05) is 0 Å². The summed E-state index contributed by atoms with van der Waals surface area (Å²) in [5, 5.41) is 0.985. The summed E-state index contributed by atoms with van der Waals surface area (Å²) in [4.78, 5) is 4.49. The molecular weight excluding hydrogens is 218 g/mol. The van der Waals surface area contributed by atoms with Gasteiger partial charge in [-0.15, -0.1) is 0 Å². The van der Waals surface area contributed by atoms with Crippen LogP contribution in [0, 0.1) is 13.8 Å². The van der Waals surface area contributed by atoms with E-state index in [9.17, 15) is 0 Å². The molecule has 2 rings (SSSR count). The molecule has 4 heteroatoms. The number of aryl methyl sites for hydroxylation is 1. The molecule has 84 valence electrons. The largest absolute Gasteiger partial charge is 0.292 e. The summed E-state index contributed by atoms with van der Waals surface area (Å²) >= 11 is 1.64. The molecule has 0 amide bonds. The second-order valence-corrected chi connectivity index (χ2v) is 4.36. The van der Waals surface area contributed by atoms with Gasteiger partial charge in [0.2, 0.25) is 0 Å². The van der Waals surface area contributed by atoms with E-state index in [0.29, 0.717) is 0 Å². The van der Waals surface area contributed by atoms with Gasteiger partial charge in [-0.3, -0.25) is 5.43 Å². The van der Waals surface area contributed by atoms with Crippen molar-refractivity contribution >= 4 is 17.4 Å². The van der Waals surface area contributed by atoms with Gasteiger partial charge in [0.05, 0.1) is 17.1 Å². The van der Waals surface area contributed by atoms with Crippen LogP contribution in [0.25, 0.3) is 0 Å². The third kappa shape index (κ3) is 2.07. The molecule has 1 heterocycles. The molecule has 0 unspecified atom stereocenters. The Morgan fingerprint density at radius 2 is 1.88 bits per heavy atom. The number of thioether (sulfide) groups is 1. The molecule has 0 aliphatic rings. The molecule has 0 aliphatic carbocycles. The van der Waals surface area contributed by atoms with Crippen molar-refractivity contribution in [2.24, 2.45) is 0 Å². The highest BCUT2D eigenvalue weighted by atomic mass is 32.2. The molecule has 0 spiro atoms. The smallest absolute Gasteiger partial charge is 0.187 e. The van der Waals surface area contributed by atoms with Crippen molar-refractivity contribution in [3.05, 3.63) is 41.7 Å². The summed E-state index contributed by atoms with van der Waals surface area (Å²) < 4.78 is 2.02. The van der Waals surface area contributed by atoms with E-state index in [4.69, 9.17) is 0 Å². The van der Waals surface area contributed by atoms with Crippen LogP contribution in [0.3, 0.4) is 0 Å². The topological polar surface area (TPSA) is 29.9 Å². The number of para-hydroxylation sites is 1. The summed E-state index contributed by atoms with van der Waals surface area (Å²) in [5.41, 5.74) is 6.62. The molecule has 0 bridgehead atoms. The maximum atomic E-state index is 4.49. The predicted molar refractivity (Wildman–Crippen MR) is 68.9 cm³/mol. The molecule has 16 heavy (non-hydrogen) atoms. The zero-order valence-corrected chi connectivity index (χ0v) is 10.5. The second kappa shape index (κ2) is 4.61. The number of rotatable bonds is 3. The van der Waals surface area contributed by atoms with Crippen molar-refractivity contribution in [2.75, 3.05) is 11.7 Å². The number of aromatic nitrogens is 2. The second-order valence-electron chi connectivity index (χ2n) is 3.58. The van der Waals surface area contributed by atoms with E-state index >= 15 is 0 Å². The van der Waals surface area contributed by atoms with E-state index < -0.39 is 0 Å². The Labute approximate surface area is 99.9 Å². The van der Waals surface area contributed by atoms with Crippen LogP contribution in [0.4, 0.5) is 5.69 Å². The average Bonchev–Trinajstić information content (AvgIpc) is 2.58. The van der Waals surface area contributed by atoms with Gasteiger partial charge >= 0.3 is 0 Å². The Balaban J connectivity index is 2.34. The summed E-state index contributed by atoms with van der Waals surface area (Å²) in [5.74, 6) is 0. The molecule has 1 N–H and O–H groups in total. The van der Waals surface area contributed by atoms with Crippen molar-refractivity contribution in [2.45, 2.75) is 19.0 Å². The highest BCUT2D eigenvalue weighted by molar-refractivity contribution is 7.98. The van der Waals surface area contributed by atoms with Crippen LogP contribution in [0.5, 0.6) is 0 Å². The molecule has 0 saturated carbocycles. The van der Waals surface area contributed by atoms with E-state index in [1.54, 1.807) is 11.8 Å². The normalized spacial score (nSPS) is 10.4. The standard InChI is InChI=1S/C12H15N3S/c1-9-10(2)15(12(13-9)16-3)14-11-7-5-4-6-8-11/h4-8,14H,1-3H3. The van der Waals surface area contributed by atoms with Gasteiger partial charge in [0.1, 0.15) is 0 Å². The van der Waals surface area contributed by atoms with E-state index in [1.807, 2.05) is 48.2 Å². The van der Waals surface area contributed by atoms with E-state index in [2.05, 4.69) is 17.3 Å². The van der Waals surface area contributed by atoms with Crippen LogP contribution in [0.15, 0.2) is 35.5 Å². The SMILES string of the molecule is CSc1nc(C)c(C)n1Nc1ccccc1. The third-order valence-electron chi connectivity index (χ3n) is 2.51. The maximum Gasteiger partial charge on any atom is 0.187 e. The number of nitrogens with one attached hydrogen (secondary N) is 1. The highest BCUT2D eigenvalue weighted by Crippen LogP contribution is 2.19. The Hall–Kier alpha value is -1.42. The van der Waals surface area contributed by atoms with Crippen LogP contribution >= 0.6 is 11.8 Å². The van der Waals surface area contributed by atoms with Gasteiger partial charge in [0.15, 0.2) is 5.16 Å². The number of benzene rings is 1. The van der Waals surface area contributed by atoms with Crippen molar-refractivity contribution < 1.29 is 0 Å². The van der Waals surface area contributed by atoms with Crippen LogP contribution in [0.1, 0.15) is 11.4 Å². The minimum Gasteiger partial charge on any atom is -0.292 e. The first-order valence-electron chi connectivity index (χ1n) is 5.14. The number of imidazole rings is 1. The molecule has 0 fully saturated rings. The lowest BCUT2D eigenvalue weighted by Gasteiger charge is -2.11. The Morgan fingerprint density at radius 3 is 2.50 bits per heavy atom. The van der Waals surface area contributed by atoms with Gasteiger partial charge in [-0.2, -0.15) is 0 Å². The first-order valence-corrected chi connectivity index (χ1v) is 6.37. The lowest BCUT2D eigenvalue weighted by atomic mass is 10.3. The van der Waals surface area contributed by atoms with Gasteiger partial charge in [-0.25, -0.2) is 9.66 Å². The molecule has 0 atom stereocenters. The molecular formula is C12H15N3S. The first kappa shape index (κ1) is 11.1. The molecule has 0 radical (unpaired) electrons. The van der Waals surface area contributed by atoms with Gasteiger partial charge in [-0.05, 0) is 32.2 Å². The van der Waals surface area contributed by atoms with E-state index in [-0.39, 0.29) is 0 Å². The molecule has 0 saturated heterocycles. The Kier molecular flexibility index (Phi) is 3.19. The van der Waals surface area contributed by atoms with Crippen LogP contribution < -0.4 is 5.43 Å². The van der Waals surface area contributed by atoms with E-state index in [0.717, 1.165) is 22.2 Å². The molecule has 0 aliphatic heterocycles. The number of anilines is 1. The van der Waals surface area contributed by atoms with Crippen molar-refractivity contribution in [3.8, 4) is 0 Å². The van der Waals surface area contributed by atoms with Crippen LogP contribution in [-0.4, -0.2) is 15.9 Å². The van der Waals surface area contributed by atoms with Gasteiger partial charge < -0.3 is 0 Å². The quantitative estimate of drug-likeness (QED) is 0.826.